The number of amides is 3. The van der Waals surface area contributed by atoms with E-state index >= 15 is 0 Å². The van der Waals surface area contributed by atoms with E-state index < -0.39 is 0 Å². The maximum atomic E-state index is 12.4. The smallest absolute Gasteiger partial charge is 0.240 e. The van der Waals surface area contributed by atoms with Crippen LogP contribution in [0.3, 0.4) is 0 Å². The highest BCUT2D eigenvalue weighted by Gasteiger charge is 2.48. The van der Waals surface area contributed by atoms with Gasteiger partial charge < -0.3 is 5.32 Å². The Balaban J connectivity index is 1.63. The van der Waals surface area contributed by atoms with Crippen LogP contribution in [0.1, 0.15) is 44.2 Å². The number of benzene rings is 1. The van der Waals surface area contributed by atoms with E-state index in [2.05, 4.69) is 5.32 Å². The molecule has 1 aliphatic carbocycles. The normalized spacial score (nSPS) is 24.2. The molecule has 1 saturated carbocycles. The first-order valence-corrected chi connectivity index (χ1v) is 9.23. The van der Waals surface area contributed by atoms with Crippen LogP contribution in [0.15, 0.2) is 18.2 Å². The summed E-state index contributed by atoms with van der Waals surface area (Å²) in [5.74, 6) is -1.24. The fraction of sp³-hybridized carbons (Fsp3) is 0.500. The summed E-state index contributed by atoms with van der Waals surface area (Å²) < 4.78 is 0. The van der Waals surface area contributed by atoms with E-state index in [4.69, 9.17) is 23.2 Å². The summed E-state index contributed by atoms with van der Waals surface area (Å²) in [4.78, 5) is 38.3. The minimum atomic E-state index is -0.362. The first-order valence-electron chi connectivity index (χ1n) is 8.48. The van der Waals surface area contributed by atoms with E-state index in [1.807, 2.05) is 6.92 Å². The molecule has 1 aliphatic heterocycles. The molecule has 2 fully saturated rings. The van der Waals surface area contributed by atoms with Crippen molar-refractivity contribution in [1.29, 1.82) is 0 Å². The van der Waals surface area contributed by atoms with Crippen LogP contribution in [0.4, 0.5) is 0 Å². The van der Waals surface area contributed by atoms with E-state index in [9.17, 15) is 14.4 Å². The lowest BCUT2D eigenvalue weighted by Gasteiger charge is -2.19. The highest BCUT2D eigenvalue weighted by molar-refractivity contribution is 6.42. The standard InChI is InChI=1S/C18H20Cl2N2O3/c1-10(11-6-7-14(19)15(20)8-11)21-16(23)9-22-17(24)12-4-2-3-5-13(12)18(22)25/h6-8,10,12-13H,2-5,9H2,1H3,(H,21,23)/t10-,12-,13-/m0/s1. The van der Waals surface area contributed by atoms with Crippen LogP contribution in [0.5, 0.6) is 0 Å². The molecular weight excluding hydrogens is 363 g/mol. The van der Waals surface area contributed by atoms with Gasteiger partial charge in [-0.15, -0.1) is 0 Å². The van der Waals surface area contributed by atoms with Gasteiger partial charge in [-0.05, 0) is 37.5 Å². The number of halogens is 2. The van der Waals surface area contributed by atoms with Crippen LogP contribution in [0.25, 0.3) is 0 Å². The molecule has 3 amide bonds. The molecule has 3 rings (SSSR count). The number of fused-ring (bicyclic) bond motifs is 1. The van der Waals surface area contributed by atoms with E-state index in [-0.39, 0.29) is 42.1 Å². The first-order chi connectivity index (χ1) is 11.9. The SMILES string of the molecule is C[C@H](NC(=O)CN1C(=O)[C@H]2CCCC[C@@H]2C1=O)c1ccc(Cl)c(Cl)c1. The number of nitrogens with one attached hydrogen (secondary N) is 1. The Morgan fingerprint density at radius 3 is 2.32 bits per heavy atom. The Hall–Kier alpha value is -1.59. The summed E-state index contributed by atoms with van der Waals surface area (Å²) in [5.41, 5.74) is 0.801. The van der Waals surface area contributed by atoms with Gasteiger partial charge in [0.05, 0.1) is 27.9 Å². The lowest BCUT2D eigenvalue weighted by molar-refractivity contribution is -0.143. The summed E-state index contributed by atoms with van der Waals surface area (Å²) in [6, 6.07) is 4.83. The van der Waals surface area contributed by atoms with Crippen molar-refractivity contribution in [3.8, 4) is 0 Å². The second-order valence-electron chi connectivity index (χ2n) is 6.72. The number of hydrogen-bond donors (Lipinski definition) is 1. The molecule has 0 bridgehead atoms. The molecule has 0 aromatic heterocycles. The van der Waals surface area contributed by atoms with Crippen molar-refractivity contribution in [2.45, 2.75) is 38.6 Å². The third-order valence-corrected chi connectivity index (χ3v) is 5.79. The monoisotopic (exact) mass is 382 g/mol. The van der Waals surface area contributed by atoms with Crippen molar-refractivity contribution in [3.63, 3.8) is 0 Å². The molecule has 25 heavy (non-hydrogen) atoms. The van der Waals surface area contributed by atoms with Crippen molar-refractivity contribution in [2.75, 3.05) is 6.54 Å². The number of hydrogen-bond acceptors (Lipinski definition) is 3. The highest BCUT2D eigenvalue weighted by Crippen LogP contribution is 2.37. The Kier molecular flexibility index (Phi) is 5.35. The molecule has 0 unspecified atom stereocenters. The molecule has 1 N–H and O–H groups in total. The van der Waals surface area contributed by atoms with Gasteiger partial charge in [0.25, 0.3) is 0 Å². The van der Waals surface area contributed by atoms with Gasteiger partial charge in [0.2, 0.25) is 17.7 Å². The number of likely N-dealkylation sites (tertiary alicyclic amines) is 1. The van der Waals surface area contributed by atoms with Crippen molar-refractivity contribution in [2.24, 2.45) is 11.8 Å². The quantitative estimate of drug-likeness (QED) is 0.811. The molecule has 5 nitrogen and oxygen atoms in total. The summed E-state index contributed by atoms with van der Waals surface area (Å²) in [6.07, 6.45) is 3.42. The number of nitrogens with zero attached hydrogens (tertiary/aromatic N) is 1. The molecule has 0 radical (unpaired) electrons. The maximum absolute atomic E-state index is 12.4. The van der Waals surface area contributed by atoms with E-state index in [1.165, 1.54) is 0 Å². The molecule has 2 aliphatic rings. The Bertz CT molecular complexity index is 698. The van der Waals surface area contributed by atoms with Gasteiger partial charge in [0.15, 0.2) is 0 Å². The predicted octanol–water partition coefficient (Wildman–Crippen LogP) is 3.35. The largest absolute Gasteiger partial charge is 0.348 e. The van der Waals surface area contributed by atoms with Gasteiger partial charge >= 0.3 is 0 Å². The summed E-state index contributed by atoms with van der Waals surface area (Å²) >= 11 is 11.9. The molecule has 1 saturated heterocycles. The number of carbonyl (C=O) groups is 3. The minimum absolute atomic E-state index is 0.202. The van der Waals surface area contributed by atoms with Crippen LogP contribution >= 0.6 is 23.2 Å². The minimum Gasteiger partial charge on any atom is -0.348 e. The van der Waals surface area contributed by atoms with Gasteiger partial charge in [-0.1, -0.05) is 42.1 Å². The lowest BCUT2D eigenvalue weighted by Crippen LogP contribution is -2.41. The zero-order chi connectivity index (χ0) is 18.1. The van der Waals surface area contributed by atoms with Crippen LogP contribution in [0.2, 0.25) is 10.0 Å². The van der Waals surface area contributed by atoms with Gasteiger partial charge in [-0.2, -0.15) is 0 Å². The van der Waals surface area contributed by atoms with Gasteiger partial charge in [0, 0.05) is 0 Å². The third-order valence-electron chi connectivity index (χ3n) is 5.06. The van der Waals surface area contributed by atoms with Gasteiger partial charge in [-0.3, -0.25) is 19.3 Å². The predicted molar refractivity (Wildman–Crippen MR) is 95.2 cm³/mol. The topological polar surface area (TPSA) is 66.5 Å². The fourth-order valence-corrected chi connectivity index (χ4v) is 3.99. The second-order valence-corrected chi connectivity index (χ2v) is 7.54. The van der Waals surface area contributed by atoms with E-state index in [0.717, 1.165) is 36.1 Å². The Labute approximate surface area is 156 Å². The lowest BCUT2D eigenvalue weighted by atomic mass is 9.81. The van der Waals surface area contributed by atoms with Gasteiger partial charge in [-0.25, -0.2) is 0 Å². The molecule has 1 aromatic rings. The fourth-order valence-electron chi connectivity index (χ4n) is 3.68. The first kappa shape index (κ1) is 18.2. The molecule has 0 spiro atoms. The molecular formula is C18H20Cl2N2O3. The molecule has 3 atom stereocenters. The van der Waals surface area contributed by atoms with Crippen LogP contribution < -0.4 is 5.32 Å². The van der Waals surface area contributed by atoms with Crippen molar-refractivity contribution >= 4 is 40.9 Å². The van der Waals surface area contributed by atoms with Crippen molar-refractivity contribution in [1.82, 2.24) is 10.2 Å². The second kappa shape index (κ2) is 7.34. The molecule has 7 heteroatoms. The highest BCUT2D eigenvalue weighted by atomic mass is 35.5. The zero-order valence-electron chi connectivity index (χ0n) is 13.9. The molecule has 1 heterocycles. The zero-order valence-corrected chi connectivity index (χ0v) is 15.4. The summed E-state index contributed by atoms with van der Waals surface area (Å²) in [5, 5.41) is 3.66. The summed E-state index contributed by atoms with van der Waals surface area (Å²) in [6.45, 7) is 1.58. The molecule has 1 aromatic carbocycles. The number of carbonyl (C=O) groups excluding carboxylic acids is 3. The van der Waals surface area contributed by atoms with Gasteiger partial charge in [0.1, 0.15) is 6.54 Å². The van der Waals surface area contributed by atoms with Crippen LogP contribution in [-0.4, -0.2) is 29.2 Å². The van der Waals surface area contributed by atoms with Crippen molar-refractivity contribution in [3.05, 3.63) is 33.8 Å². The van der Waals surface area contributed by atoms with E-state index in [0.29, 0.717) is 10.0 Å². The summed E-state index contributed by atoms with van der Waals surface area (Å²) in [7, 11) is 0. The van der Waals surface area contributed by atoms with E-state index in [1.54, 1.807) is 18.2 Å². The Morgan fingerprint density at radius 1 is 1.16 bits per heavy atom. The van der Waals surface area contributed by atoms with Crippen molar-refractivity contribution < 1.29 is 14.4 Å². The third kappa shape index (κ3) is 3.67. The number of rotatable bonds is 4. The Morgan fingerprint density at radius 2 is 1.76 bits per heavy atom. The average molecular weight is 383 g/mol. The number of imide groups is 1. The maximum Gasteiger partial charge on any atom is 0.240 e. The molecule has 134 valence electrons. The van der Waals surface area contributed by atoms with Crippen LogP contribution in [-0.2, 0) is 14.4 Å². The average Bonchev–Trinajstić information content (AvgIpc) is 2.82. The van der Waals surface area contributed by atoms with Crippen LogP contribution in [0, 0.1) is 11.8 Å².